The lowest BCUT2D eigenvalue weighted by Gasteiger charge is -2.40. The first kappa shape index (κ1) is 31.7. The lowest BCUT2D eigenvalue weighted by Crippen LogP contribution is -2.52. The van der Waals surface area contributed by atoms with Gasteiger partial charge in [0.05, 0.1) is 30.2 Å². The Morgan fingerprint density at radius 2 is 1.76 bits per heavy atom. The number of morpholine rings is 1. The summed E-state index contributed by atoms with van der Waals surface area (Å²) in [5.74, 6) is 0.339. The number of para-hydroxylation sites is 2. The Balaban J connectivity index is 1.65. The molecule has 0 aliphatic carbocycles. The van der Waals surface area contributed by atoms with Gasteiger partial charge in [0.1, 0.15) is 5.60 Å². The van der Waals surface area contributed by atoms with Crippen LogP contribution in [0.5, 0.6) is 0 Å². The molecular weight excluding hydrogens is 532 g/mol. The van der Waals surface area contributed by atoms with Crippen LogP contribution in [0.1, 0.15) is 77.8 Å². The summed E-state index contributed by atoms with van der Waals surface area (Å²) >= 11 is 0. The second-order valence-electron chi connectivity index (χ2n) is 13.0. The smallest absolute Gasteiger partial charge is 0.410 e. The molecule has 2 saturated heterocycles. The van der Waals surface area contributed by atoms with Gasteiger partial charge in [0.15, 0.2) is 5.82 Å². The third kappa shape index (κ3) is 8.00. The summed E-state index contributed by atoms with van der Waals surface area (Å²) in [7, 11) is 0. The fourth-order valence-corrected chi connectivity index (χ4v) is 5.84. The van der Waals surface area contributed by atoms with Crippen LogP contribution in [0, 0.1) is 17.8 Å². The van der Waals surface area contributed by atoms with Crippen LogP contribution in [-0.2, 0) is 20.8 Å². The van der Waals surface area contributed by atoms with Gasteiger partial charge in [-0.15, -0.1) is 0 Å². The van der Waals surface area contributed by atoms with E-state index in [1.54, 1.807) is 4.90 Å². The highest BCUT2D eigenvalue weighted by Gasteiger charge is 2.39. The average Bonchev–Trinajstić information content (AvgIpc) is 3.32. The van der Waals surface area contributed by atoms with Crippen LogP contribution in [0.25, 0.3) is 11.0 Å². The predicted molar refractivity (Wildman–Crippen MR) is 163 cm³/mol. The number of aryl methyl sites for hydroxylation is 1. The molecule has 2 aliphatic heterocycles. The SMILES string of the molecule is CCCn1c(C(=O)C/C(=C/CC(C)C)[C@H]2C[C@@H](C(=O)N3CCOCC3)CN(C(=O)OC(C)(C)C)C2)nc2ccccc21. The number of hydrogen-bond acceptors (Lipinski definition) is 6. The number of amides is 2. The molecule has 2 aliphatic rings. The number of rotatable bonds is 9. The van der Waals surface area contributed by atoms with Gasteiger partial charge >= 0.3 is 6.09 Å². The Morgan fingerprint density at radius 3 is 2.43 bits per heavy atom. The normalized spacial score (nSPS) is 20.3. The Labute approximate surface area is 250 Å². The number of aromatic nitrogens is 2. The lowest BCUT2D eigenvalue weighted by atomic mass is 9.81. The number of carbonyl (C=O) groups is 3. The highest BCUT2D eigenvalue weighted by molar-refractivity contribution is 5.97. The highest BCUT2D eigenvalue weighted by Crippen LogP contribution is 2.33. The van der Waals surface area contributed by atoms with Crippen molar-refractivity contribution in [3.63, 3.8) is 0 Å². The zero-order valence-electron chi connectivity index (χ0n) is 26.2. The number of ether oxygens (including phenoxy) is 2. The molecule has 2 fully saturated rings. The summed E-state index contributed by atoms with van der Waals surface area (Å²) in [5, 5.41) is 0. The predicted octanol–water partition coefficient (Wildman–Crippen LogP) is 5.72. The number of allylic oxidation sites excluding steroid dienone is 1. The molecule has 9 nitrogen and oxygen atoms in total. The first-order valence-corrected chi connectivity index (χ1v) is 15.5. The fourth-order valence-electron chi connectivity index (χ4n) is 5.84. The molecule has 0 bridgehead atoms. The molecule has 2 amide bonds. The summed E-state index contributed by atoms with van der Waals surface area (Å²) in [5.41, 5.74) is 2.09. The zero-order chi connectivity index (χ0) is 30.4. The largest absolute Gasteiger partial charge is 0.444 e. The molecule has 1 aromatic carbocycles. The van der Waals surface area contributed by atoms with Crippen molar-refractivity contribution in [2.45, 2.75) is 79.4 Å². The first-order valence-electron chi connectivity index (χ1n) is 15.5. The highest BCUT2D eigenvalue weighted by atomic mass is 16.6. The van der Waals surface area contributed by atoms with Gasteiger partial charge in [0.2, 0.25) is 11.7 Å². The van der Waals surface area contributed by atoms with Crippen molar-refractivity contribution in [1.82, 2.24) is 19.4 Å². The number of Topliss-reactive ketones (excluding diaryl/α,β-unsaturated/α-hetero) is 1. The number of fused-ring (bicyclic) bond motifs is 1. The maximum Gasteiger partial charge on any atom is 0.410 e. The molecule has 0 spiro atoms. The van der Waals surface area contributed by atoms with Gasteiger partial charge in [-0.2, -0.15) is 0 Å². The number of likely N-dealkylation sites (tertiary alicyclic amines) is 1. The zero-order valence-corrected chi connectivity index (χ0v) is 26.2. The molecule has 0 N–H and O–H groups in total. The monoisotopic (exact) mass is 580 g/mol. The summed E-state index contributed by atoms with van der Waals surface area (Å²) in [6, 6.07) is 7.85. The Kier molecular flexibility index (Phi) is 10.5. The van der Waals surface area contributed by atoms with Crippen LogP contribution in [0.2, 0.25) is 0 Å². The van der Waals surface area contributed by atoms with Gasteiger partial charge in [0, 0.05) is 39.1 Å². The van der Waals surface area contributed by atoms with Crippen molar-refractivity contribution < 1.29 is 23.9 Å². The summed E-state index contributed by atoms with van der Waals surface area (Å²) in [6.07, 6.45) is 4.21. The van der Waals surface area contributed by atoms with Gasteiger partial charge in [-0.3, -0.25) is 9.59 Å². The standard InChI is InChI=1S/C33H48N4O5/c1-7-14-37-28-11-9-8-10-27(28)34-30(37)29(38)20-24(13-12-23(2)3)25-19-26(31(39)35-15-17-41-18-16-35)22-36(21-25)32(40)42-33(4,5)6/h8-11,13,23,25-26H,7,12,14-22H2,1-6H3/b24-13-/t25-,26+/m0/s1. The first-order chi connectivity index (χ1) is 20.0. The van der Waals surface area contributed by atoms with Gasteiger partial charge in [0.25, 0.3) is 0 Å². The molecule has 4 rings (SSSR count). The van der Waals surface area contributed by atoms with Gasteiger partial charge in [-0.05, 0) is 64.0 Å². The number of nitrogens with zero attached hydrogens (tertiary/aromatic N) is 4. The number of hydrogen-bond donors (Lipinski definition) is 0. The number of ketones is 1. The van der Waals surface area contributed by atoms with E-state index >= 15 is 0 Å². The van der Waals surface area contributed by atoms with Crippen LogP contribution in [0.4, 0.5) is 4.79 Å². The van der Waals surface area contributed by atoms with Crippen LogP contribution < -0.4 is 0 Å². The summed E-state index contributed by atoms with van der Waals surface area (Å²) in [6.45, 7) is 15.5. The molecular formula is C33H48N4O5. The molecule has 0 unspecified atom stereocenters. The average molecular weight is 581 g/mol. The topological polar surface area (TPSA) is 94.0 Å². The van der Waals surface area contributed by atoms with E-state index in [0.29, 0.717) is 64.1 Å². The van der Waals surface area contributed by atoms with E-state index in [-0.39, 0.29) is 29.9 Å². The quantitative estimate of drug-likeness (QED) is 0.278. The molecule has 9 heteroatoms. The minimum atomic E-state index is -0.654. The minimum absolute atomic E-state index is 0.0378. The molecule has 2 aromatic rings. The molecule has 42 heavy (non-hydrogen) atoms. The van der Waals surface area contributed by atoms with Crippen molar-refractivity contribution in [2.24, 2.45) is 17.8 Å². The fraction of sp³-hybridized carbons (Fsp3) is 0.636. The second kappa shape index (κ2) is 13.8. The van der Waals surface area contributed by atoms with Crippen LogP contribution in [0.3, 0.4) is 0 Å². The number of imidazole rings is 1. The van der Waals surface area contributed by atoms with Crippen molar-refractivity contribution in [2.75, 3.05) is 39.4 Å². The maximum atomic E-state index is 14.0. The molecule has 0 radical (unpaired) electrons. The molecule has 2 atom stereocenters. The minimum Gasteiger partial charge on any atom is -0.444 e. The molecule has 0 saturated carbocycles. The second-order valence-corrected chi connectivity index (χ2v) is 13.0. The summed E-state index contributed by atoms with van der Waals surface area (Å²) < 4.78 is 13.2. The van der Waals surface area contributed by atoms with Crippen LogP contribution in [0.15, 0.2) is 35.9 Å². The van der Waals surface area contributed by atoms with Gasteiger partial charge < -0.3 is 23.8 Å². The Bertz CT molecular complexity index is 1290. The van der Waals surface area contributed by atoms with Crippen molar-refractivity contribution in [1.29, 1.82) is 0 Å². The van der Waals surface area contributed by atoms with E-state index in [4.69, 9.17) is 14.5 Å². The van der Waals surface area contributed by atoms with E-state index in [9.17, 15) is 14.4 Å². The Hall–Kier alpha value is -3.20. The maximum absolute atomic E-state index is 14.0. The van der Waals surface area contributed by atoms with E-state index in [1.807, 2.05) is 54.5 Å². The van der Waals surface area contributed by atoms with E-state index in [0.717, 1.165) is 29.4 Å². The van der Waals surface area contributed by atoms with Crippen LogP contribution in [-0.4, -0.2) is 82.1 Å². The number of benzene rings is 1. The van der Waals surface area contributed by atoms with E-state index < -0.39 is 11.7 Å². The van der Waals surface area contributed by atoms with E-state index in [2.05, 4.69) is 26.8 Å². The third-order valence-electron chi connectivity index (χ3n) is 7.87. The van der Waals surface area contributed by atoms with Crippen molar-refractivity contribution >= 4 is 28.8 Å². The molecule has 230 valence electrons. The third-order valence-corrected chi connectivity index (χ3v) is 7.87. The summed E-state index contributed by atoms with van der Waals surface area (Å²) in [4.78, 5) is 49.2. The lowest BCUT2D eigenvalue weighted by molar-refractivity contribution is -0.141. The van der Waals surface area contributed by atoms with Crippen molar-refractivity contribution in [3.05, 3.63) is 41.7 Å². The number of piperidine rings is 1. The Morgan fingerprint density at radius 1 is 1.07 bits per heavy atom. The van der Waals surface area contributed by atoms with Crippen molar-refractivity contribution in [3.8, 4) is 0 Å². The van der Waals surface area contributed by atoms with Crippen LogP contribution >= 0.6 is 0 Å². The number of carbonyl (C=O) groups excluding carboxylic acids is 3. The van der Waals surface area contributed by atoms with Gasteiger partial charge in [-0.1, -0.05) is 44.6 Å². The van der Waals surface area contributed by atoms with E-state index in [1.165, 1.54) is 0 Å². The molecule has 1 aromatic heterocycles. The molecule has 3 heterocycles. The van der Waals surface area contributed by atoms with Gasteiger partial charge in [-0.25, -0.2) is 9.78 Å².